The molecule has 17 unspecified atom stereocenters. The van der Waals surface area contributed by atoms with Crippen molar-refractivity contribution in [2.45, 2.75) is 394 Å². The second-order valence-corrected chi connectivity index (χ2v) is 26.4. The van der Waals surface area contributed by atoms with Crippen LogP contribution in [0.3, 0.4) is 0 Å². The molecule has 90 heavy (non-hydrogen) atoms. The maximum absolute atomic E-state index is 13.4. The number of hydrogen-bond acceptors (Lipinski definition) is 18. The maximum Gasteiger partial charge on any atom is 0.220 e. The van der Waals surface area contributed by atoms with Crippen LogP contribution in [0, 0.1) is 0 Å². The number of nitrogens with one attached hydrogen (secondary N) is 1. The summed E-state index contributed by atoms with van der Waals surface area (Å²) in [7, 11) is 0. The van der Waals surface area contributed by atoms with Gasteiger partial charge in [-0.05, 0) is 38.5 Å². The van der Waals surface area contributed by atoms with E-state index >= 15 is 0 Å². The molecule has 0 bridgehead atoms. The summed E-state index contributed by atoms with van der Waals surface area (Å²) >= 11 is 0. The molecule has 1 amide bonds. The molecule has 3 aliphatic heterocycles. The Labute approximate surface area is 543 Å². The number of amides is 1. The lowest BCUT2D eigenvalue weighted by atomic mass is 9.96. The zero-order valence-corrected chi connectivity index (χ0v) is 56.1. The lowest BCUT2D eigenvalue weighted by Crippen LogP contribution is -2.66. The van der Waals surface area contributed by atoms with Crippen LogP contribution in [-0.4, -0.2) is 193 Å². The predicted molar refractivity (Wildman–Crippen MR) is 351 cm³/mol. The highest BCUT2D eigenvalue weighted by atomic mass is 16.8. The Morgan fingerprint density at radius 1 is 0.400 bits per heavy atom. The first-order valence-electron chi connectivity index (χ1n) is 36.6. The van der Waals surface area contributed by atoms with Gasteiger partial charge in [0, 0.05) is 6.42 Å². The third-order valence-electron chi connectivity index (χ3n) is 18.5. The average Bonchev–Trinajstić information content (AvgIpc) is 0.866. The number of unbranched alkanes of at least 4 members (excludes halogenated alkanes) is 37. The quantitative estimate of drug-likeness (QED) is 0.0199. The third-order valence-corrected chi connectivity index (χ3v) is 18.5. The van der Waals surface area contributed by atoms with Gasteiger partial charge in [-0.1, -0.05) is 269 Å². The van der Waals surface area contributed by atoms with E-state index in [-0.39, 0.29) is 18.9 Å². The number of carbonyl (C=O) groups is 1. The fourth-order valence-electron chi connectivity index (χ4n) is 12.6. The number of aliphatic hydroxyl groups excluding tert-OH is 11. The molecule has 12 N–H and O–H groups in total. The maximum atomic E-state index is 13.4. The number of aliphatic hydroxyl groups is 11. The van der Waals surface area contributed by atoms with E-state index in [0.717, 1.165) is 70.6 Å². The highest BCUT2D eigenvalue weighted by Crippen LogP contribution is 2.33. The summed E-state index contributed by atoms with van der Waals surface area (Å²) in [5, 5.41) is 121. The molecule has 0 spiro atoms. The van der Waals surface area contributed by atoms with E-state index in [0.29, 0.717) is 12.8 Å². The lowest BCUT2D eigenvalue weighted by Gasteiger charge is -2.48. The van der Waals surface area contributed by atoms with Crippen LogP contribution >= 0.6 is 0 Å². The molecule has 19 nitrogen and oxygen atoms in total. The van der Waals surface area contributed by atoms with Gasteiger partial charge >= 0.3 is 0 Å². The first-order valence-corrected chi connectivity index (χ1v) is 36.6. The molecule has 17 atom stereocenters. The van der Waals surface area contributed by atoms with Crippen LogP contribution in [0.5, 0.6) is 0 Å². The van der Waals surface area contributed by atoms with Crippen molar-refractivity contribution in [2.75, 3.05) is 26.4 Å². The van der Waals surface area contributed by atoms with Crippen molar-refractivity contribution in [2.24, 2.45) is 0 Å². The topological polar surface area (TPSA) is 307 Å². The van der Waals surface area contributed by atoms with Gasteiger partial charge in [-0.25, -0.2) is 0 Å². The van der Waals surface area contributed by atoms with Crippen LogP contribution < -0.4 is 5.32 Å². The van der Waals surface area contributed by atoms with Crippen molar-refractivity contribution in [3.8, 4) is 0 Å². The number of ether oxygens (including phenoxy) is 6. The molecule has 530 valence electrons. The summed E-state index contributed by atoms with van der Waals surface area (Å²) in [5.41, 5.74) is 0. The average molecular weight is 1290 g/mol. The van der Waals surface area contributed by atoms with E-state index in [9.17, 15) is 61.0 Å². The summed E-state index contributed by atoms with van der Waals surface area (Å²) in [6.07, 6.45) is 34.2. The second-order valence-electron chi connectivity index (χ2n) is 26.4. The van der Waals surface area contributed by atoms with Gasteiger partial charge < -0.3 is 89.9 Å². The van der Waals surface area contributed by atoms with Crippen LogP contribution in [0.1, 0.15) is 290 Å². The number of carbonyl (C=O) groups excluding carboxylic acids is 1. The molecule has 19 heteroatoms. The molecule has 0 saturated carbocycles. The van der Waals surface area contributed by atoms with E-state index in [1.54, 1.807) is 0 Å². The Morgan fingerprint density at radius 3 is 1.17 bits per heavy atom. The van der Waals surface area contributed by atoms with Crippen LogP contribution in [0.4, 0.5) is 0 Å². The van der Waals surface area contributed by atoms with Crippen LogP contribution in [-0.2, 0) is 33.2 Å². The number of hydrogen-bond donors (Lipinski definition) is 12. The standard InChI is InChI=1S/C71H133NO18/c1-3-5-7-9-11-13-15-17-19-20-21-22-23-24-25-26-27-28-29-30-31-32-33-34-35-36-38-40-42-44-46-48-55(76)54(72-59(77)49-47-45-43-41-39-37-18-16-14-12-10-8-6-4-2)53-85-69-65(83)62(80)67(57(51-74)87-69)90-71-66(84)63(81)68(58(52-75)88-71)89-70-64(82)61(79)60(78)56(50-73)86-70/h10,12,16,18,54-58,60-71,73-76,78-84H,3-9,11,13-15,17,19-53H2,1-2H3,(H,72,77)/b12-10-,18-16-. The number of rotatable bonds is 57. The zero-order chi connectivity index (χ0) is 65.4. The van der Waals surface area contributed by atoms with Gasteiger partial charge in [0.05, 0.1) is 38.6 Å². The van der Waals surface area contributed by atoms with Gasteiger partial charge in [0.15, 0.2) is 18.9 Å². The highest BCUT2D eigenvalue weighted by molar-refractivity contribution is 5.76. The van der Waals surface area contributed by atoms with Crippen molar-refractivity contribution in [1.29, 1.82) is 0 Å². The van der Waals surface area contributed by atoms with Crippen molar-refractivity contribution in [3.05, 3.63) is 24.3 Å². The number of allylic oxidation sites excluding steroid dienone is 4. The molecule has 3 aliphatic rings. The van der Waals surface area contributed by atoms with E-state index in [1.807, 2.05) is 0 Å². The minimum Gasteiger partial charge on any atom is -0.394 e. The van der Waals surface area contributed by atoms with Gasteiger partial charge in [0.2, 0.25) is 5.91 Å². The minimum absolute atomic E-state index is 0.252. The summed E-state index contributed by atoms with van der Waals surface area (Å²) < 4.78 is 34.4. The van der Waals surface area contributed by atoms with Gasteiger partial charge in [-0.3, -0.25) is 4.79 Å². The van der Waals surface area contributed by atoms with E-state index in [1.165, 1.54) is 186 Å². The van der Waals surface area contributed by atoms with Gasteiger partial charge in [0.1, 0.15) is 73.2 Å². The molecule has 0 radical (unpaired) electrons. The van der Waals surface area contributed by atoms with Crippen molar-refractivity contribution < 1.29 is 89.4 Å². The molecule has 0 aromatic heterocycles. The zero-order valence-electron chi connectivity index (χ0n) is 56.1. The van der Waals surface area contributed by atoms with Crippen LogP contribution in [0.25, 0.3) is 0 Å². The first kappa shape index (κ1) is 82.5. The summed E-state index contributed by atoms with van der Waals surface area (Å²) in [5.74, 6) is -0.254. The Morgan fingerprint density at radius 2 is 0.744 bits per heavy atom. The molecule has 0 aliphatic carbocycles. The van der Waals surface area contributed by atoms with Crippen molar-refractivity contribution in [1.82, 2.24) is 5.32 Å². The summed E-state index contributed by atoms with van der Waals surface area (Å²) in [4.78, 5) is 13.4. The normalized spacial score (nSPS) is 28.1. The second kappa shape index (κ2) is 53.4. The smallest absolute Gasteiger partial charge is 0.220 e. The Kier molecular flexibility index (Phi) is 49.0. The molecular weight excluding hydrogens is 1150 g/mol. The molecule has 0 aromatic carbocycles. The monoisotopic (exact) mass is 1290 g/mol. The fourth-order valence-corrected chi connectivity index (χ4v) is 12.6. The molecule has 3 rings (SSSR count). The first-order chi connectivity index (χ1) is 43.8. The fraction of sp³-hybridized carbons (Fsp3) is 0.930. The summed E-state index contributed by atoms with van der Waals surface area (Å²) in [6.45, 7) is 1.77. The molecule has 0 aromatic rings. The van der Waals surface area contributed by atoms with Gasteiger partial charge in [-0.15, -0.1) is 0 Å². The molecule has 3 fully saturated rings. The molecule has 3 saturated heterocycles. The third kappa shape index (κ3) is 34.8. The van der Waals surface area contributed by atoms with Gasteiger partial charge in [0.25, 0.3) is 0 Å². The van der Waals surface area contributed by atoms with E-state index < -0.39 is 124 Å². The van der Waals surface area contributed by atoms with Crippen LogP contribution in [0.15, 0.2) is 24.3 Å². The Balaban J connectivity index is 1.36. The predicted octanol–water partition coefficient (Wildman–Crippen LogP) is 10.2. The molecule has 3 heterocycles. The minimum atomic E-state index is -1.97. The largest absolute Gasteiger partial charge is 0.394 e. The van der Waals surface area contributed by atoms with Crippen molar-refractivity contribution >= 4 is 5.91 Å². The lowest BCUT2D eigenvalue weighted by molar-refractivity contribution is -0.379. The van der Waals surface area contributed by atoms with Crippen LogP contribution in [0.2, 0.25) is 0 Å². The summed E-state index contributed by atoms with van der Waals surface area (Å²) in [6, 6.07) is -0.894. The Hall–Kier alpha value is -1.73. The van der Waals surface area contributed by atoms with Crippen molar-refractivity contribution in [3.63, 3.8) is 0 Å². The SMILES string of the molecule is CCCC/C=C\C/C=C\CCCCCCCC(=O)NC(COC1OC(CO)C(OC2OC(CO)C(OC3OC(CO)C(O)C(O)C3O)C(O)C2O)C(O)C1O)C(O)CCCCCCCCCCCCCCCCCCCCCCCCCCCCCCCCC. The van der Waals surface area contributed by atoms with E-state index in [4.69, 9.17) is 28.4 Å². The Bertz CT molecular complexity index is 1730. The molecular formula is C71H133NO18. The highest BCUT2D eigenvalue weighted by Gasteiger charge is 2.53. The van der Waals surface area contributed by atoms with E-state index in [2.05, 4.69) is 43.5 Å². The van der Waals surface area contributed by atoms with Gasteiger partial charge in [-0.2, -0.15) is 0 Å².